The standard InChI is InChI=1S/C18H20N4/c1-11-6-8-15(14(4)9-11)17-18(19)22(21-20-17)16-10-12(2)5-7-13(16)3/h5-10H,19H2,1-4H3. The maximum Gasteiger partial charge on any atom is 0.155 e. The topological polar surface area (TPSA) is 56.7 Å². The Balaban J connectivity index is 2.15. The molecule has 0 bridgehead atoms. The van der Waals surface area contributed by atoms with Crippen molar-refractivity contribution in [1.82, 2.24) is 15.0 Å². The summed E-state index contributed by atoms with van der Waals surface area (Å²) in [5.74, 6) is 0.570. The summed E-state index contributed by atoms with van der Waals surface area (Å²) in [4.78, 5) is 0. The Hall–Kier alpha value is -2.62. The third-order valence-electron chi connectivity index (χ3n) is 3.93. The molecule has 0 aliphatic heterocycles. The maximum absolute atomic E-state index is 6.33. The highest BCUT2D eigenvalue weighted by atomic mass is 15.5. The smallest absolute Gasteiger partial charge is 0.155 e. The minimum absolute atomic E-state index is 0.570. The van der Waals surface area contributed by atoms with Gasteiger partial charge in [0.15, 0.2) is 5.82 Å². The van der Waals surface area contributed by atoms with E-state index < -0.39 is 0 Å². The van der Waals surface area contributed by atoms with Crippen LogP contribution in [0.1, 0.15) is 22.3 Å². The molecule has 3 aromatic rings. The van der Waals surface area contributed by atoms with Crippen molar-refractivity contribution in [1.29, 1.82) is 0 Å². The normalized spacial score (nSPS) is 10.9. The number of nitrogens with two attached hydrogens (primary N) is 1. The lowest BCUT2D eigenvalue weighted by Gasteiger charge is -2.09. The van der Waals surface area contributed by atoms with Crippen molar-refractivity contribution < 1.29 is 0 Å². The molecule has 22 heavy (non-hydrogen) atoms. The van der Waals surface area contributed by atoms with Crippen LogP contribution in [0.25, 0.3) is 16.9 Å². The number of benzene rings is 2. The van der Waals surface area contributed by atoms with E-state index in [2.05, 4.69) is 67.5 Å². The Morgan fingerprint density at radius 2 is 1.55 bits per heavy atom. The van der Waals surface area contributed by atoms with Gasteiger partial charge in [0.25, 0.3) is 0 Å². The summed E-state index contributed by atoms with van der Waals surface area (Å²) in [6, 6.07) is 12.5. The number of nitrogens with zero attached hydrogens (tertiary/aromatic N) is 3. The minimum atomic E-state index is 0.570. The van der Waals surface area contributed by atoms with Crippen LogP contribution in [-0.4, -0.2) is 15.0 Å². The van der Waals surface area contributed by atoms with Gasteiger partial charge in [0.2, 0.25) is 0 Å². The van der Waals surface area contributed by atoms with E-state index in [-0.39, 0.29) is 0 Å². The van der Waals surface area contributed by atoms with Crippen LogP contribution in [0.5, 0.6) is 0 Å². The summed E-state index contributed by atoms with van der Waals surface area (Å²) in [5.41, 5.74) is 13.7. The van der Waals surface area contributed by atoms with Crippen molar-refractivity contribution in [2.24, 2.45) is 0 Å². The van der Waals surface area contributed by atoms with E-state index in [0.29, 0.717) is 5.82 Å². The molecule has 0 aliphatic rings. The first-order chi connectivity index (χ1) is 10.5. The predicted octanol–water partition coefficient (Wildman–Crippen LogP) is 3.75. The van der Waals surface area contributed by atoms with Gasteiger partial charge < -0.3 is 5.73 Å². The van der Waals surface area contributed by atoms with Gasteiger partial charge in [-0.25, -0.2) is 0 Å². The van der Waals surface area contributed by atoms with Gasteiger partial charge in [-0.3, -0.25) is 0 Å². The second-order valence-corrected chi connectivity index (χ2v) is 5.84. The predicted molar refractivity (Wildman–Crippen MR) is 90.2 cm³/mol. The molecule has 0 unspecified atom stereocenters. The molecular weight excluding hydrogens is 272 g/mol. The lowest BCUT2D eigenvalue weighted by molar-refractivity contribution is 0.805. The average Bonchev–Trinajstić information content (AvgIpc) is 2.83. The fourth-order valence-electron chi connectivity index (χ4n) is 2.69. The second-order valence-electron chi connectivity index (χ2n) is 5.84. The number of aryl methyl sites for hydroxylation is 4. The molecule has 0 saturated heterocycles. The van der Waals surface area contributed by atoms with Crippen molar-refractivity contribution in [2.75, 3.05) is 5.73 Å². The number of hydrogen-bond donors (Lipinski definition) is 1. The van der Waals surface area contributed by atoms with E-state index in [1.165, 1.54) is 11.1 Å². The monoisotopic (exact) mass is 292 g/mol. The Labute approximate surface area is 130 Å². The molecule has 3 rings (SSSR count). The van der Waals surface area contributed by atoms with Crippen LogP contribution in [0.4, 0.5) is 5.82 Å². The Morgan fingerprint density at radius 3 is 2.27 bits per heavy atom. The van der Waals surface area contributed by atoms with Crippen LogP contribution >= 0.6 is 0 Å². The highest BCUT2D eigenvalue weighted by Gasteiger charge is 2.16. The number of rotatable bonds is 2. The third-order valence-corrected chi connectivity index (χ3v) is 3.93. The zero-order valence-corrected chi connectivity index (χ0v) is 13.4. The first kappa shape index (κ1) is 14.3. The molecule has 0 aliphatic carbocycles. The van der Waals surface area contributed by atoms with Crippen molar-refractivity contribution in [3.8, 4) is 16.9 Å². The van der Waals surface area contributed by atoms with Crippen LogP contribution in [0.3, 0.4) is 0 Å². The molecule has 4 nitrogen and oxygen atoms in total. The van der Waals surface area contributed by atoms with Gasteiger partial charge in [-0.2, -0.15) is 4.68 Å². The highest BCUT2D eigenvalue weighted by Crippen LogP contribution is 2.29. The maximum atomic E-state index is 6.33. The quantitative estimate of drug-likeness (QED) is 0.782. The van der Waals surface area contributed by atoms with Crippen molar-refractivity contribution >= 4 is 5.82 Å². The fraction of sp³-hybridized carbons (Fsp3) is 0.222. The van der Waals surface area contributed by atoms with E-state index in [0.717, 1.165) is 28.1 Å². The first-order valence-electron chi connectivity index (χ1n) is 7.34. The van der Waals surface area contributed by atoms with E-state index in [1.54, 1.807) is 4.68 Å². The van der Waals surface area contributed by atoms with Crippen LogP contribution in [-0.2, 0) is 0 Å². The summed E-state index contributed by atoms with van der Waals surface area (Å²) in [7, 11) is 0. The zero-order chi connectivity index (χ0) is 15.9. The van der Waals surface area contributed by atoms with Gasteiger partial charge in [-0.15, -0.1) is 5.10 Å². The van der Waals surface area contributed by atoms with Gasteiger partial charge in [0.1, 0.15) is 5.69 Å². The van der Waals surface area contributed by atoms with Crippen molar-refractivity contribution in [2.45, 2.75) is 27.7 Å². The molecule has 0 saturated carbocycles. The third kappa shape index (κ3) is 2.37. The highest BCUT2D eigenvalue weighted by molar-refractivity contribution is 5.74. The molecule has 2 aromatic carbocycles. The molecule has 112 valence electrons. The van der Waals surface area contributed by atoms with Crippen LogP contribution in [0, 0.1) is 27.7 Å². The SMILES string of the molecule is Cc1ccc(-c2nnn(-c3cc(C)ccc3C)c2N)c(C)c1. The minimum Gasteiger partial charge on any atom is -0.382 e. The van der Waals surface area contributed by atoms with Crippen LogP contribution < -0.4 is 5.73 Å². The van der Waals surface area contributed by atoms with E-state index in [1.807, 2.05) is 6.92 Å². The summed E-state index contributed by atoms with van der Waals surface area (Å²) < 4.78 is 1.72. The Bertz CT molecular complexity index is 846. The largest absolute Gasteiger partial charge is 0.382 e. The van der Waals surface area contributed by atoms with Crippen LogP contribution in [0.15, 0.2) is 36.4 Å². The average molecular weight is 292 g/mol. The molecule has 1 heterocycles. The number of hydrogen-bond acceptors (Lipinski definition) is 3. The molecule has 0 spiro atoms. The molecule has 2 N–H and O–H groups in total. The Kier molecular flexibility index (Phi) is 3.45. The fourth-order valence-corrected chi connectivity index (χ4v) is 2.69. The molecule has 1 aromatic heterocycles. The zero-order valence-electron chi connectivity index (χ0n) is 13.4. The lowest BCUT2D eigenvalue weighted by atomic mass is 10.0. The van der Waals surface area contributed by atoms with Gasteiger partial charge in [-0.1, -0.05) is 41.1 Å². The van der Waals surface area contributed by atoms with E-state index >= 15 is 0 Å². The second kappa shape index (κ2) is 5.30. The number of aromatic nitrogens is 3. The van der Waals surface area contributed by atoms with Gasteiger partial charge in [0.05, 0.1) is 5.69 Å². The van der Waals surface area contributed by atoms with E-state index in [9.17, 15) is 0 Å². The summed E-state index contributed by atoms with van der Waals surface area (Å²) in [6.07, 6.45) is 0. The number of anilines is 1. The first-order valence-corrected chi connectivity index (χ1v) is 7.34. The molecule has 4 heteroatoms. The number of nitrogen functional groups attached to an aromatic ring is 1. The lowest BCUT2D eigenvalue weighted by Crippen LogP contribution is -2.04. The van der Waals surface area contributed by atoms with Crippen molar-refractivity contribution in [3.05, 3.63) is 58.7 Å². The molecule has 0 atom stereocenters. The molecular formula is C18H20N4. The van der Waals surface area contributed by atoms with Crippen molar-refractivity contribution in [3.63, 3.8) is 0 Å². The summed E-state index contributed by atoms with van der Waals surface area (Å²) >= 11 is 0. The molecule has 0 fully saturated rings. The van der Waals surface area contributed by atoms with E-state index in [4.69, 9.17) is 5.73 Å². The summed E-state index contributed by atoms with van der Waals surface area (Å²) in [6.45, 7) is 8.25. The van der Waals surface area contributed by atoms with Crippen LogP contribution in [0.2, 0.25) is 0 Å². The van der Waals surface area contributed by atoms with Gasteiger partial charge >= 0.3 is 0 Å². The van der Waals surface area contributed by atoms with Gasteiger partial charge in [0, 0.05) is 5.56 Å². The Morgan fingerprint density at radius 1 is 0.864 bits per heavy atom. The van der Waals surface area contributed by atoms with Gasteiger partial charge in [-0.05, 0) is 50.5 Å². The molecule has 0 radical (unpaired) electrons. The summed E-state index contributed by atoms with van der Waals surface area (Å²) in [5, 5.41) is 8.58. The molecule has 0 amide bonds.